The van der Waals surface area contributed by atoms with Gasteiger partial charge in [0, 0.05) is 5.88 Å². The first-order valence-corrected chi connectivity index (χ1v) is 3.20. The van der Waals surface area contributed by atoms with Gasteiger partial charge in [-0.15, -0.1) is 11.6 Å². The van der Waals surface area contributed by atoms with Gasteiger partial charge in [0.1, 0.15) is 0 Å². The highest BCUT2D eigenvalue weighted by molar-refractivity contribution is 6.17. The molecule has 1 heteroatoms. The van der Waals surface area contributed by atoms with Gasteiger partial charge in [0.15, 0.2) is 0 Å². The molecule has 0 N–H and O–H groups in total. The summed E-state index contributed by atoms with van der Waals surface area (Å²) in [6, 6.07) is 0. The Balaban J connectivity index is 3.40. The van der Waals surface area contributed by atoms with Crippen molar-refractivity contribution in [2.45, 2.75) is 13.3 Å². The summed E-state index contributed by atoms with van der Waals surface area (Å²) in [5.74, 6) is 0.700. The van der Waals surface area contributed by atoms with Crippen LogP contribution in [0.2, 0.25) is 0 Å². The van der Waals surface area contributed by atoms with Crippen LogP contribution >= 0.6 is 11.6 Å². The highest BCUT2D eigenvalue weighted by Crippen LogP contribution is 1.95. The van der Waals surface area contributed by atoms with Gasteiger partial charge in [0.25, 0.3) is 0 Å². The van der Waals surface area contributed by atoms with Gasteiger partial charge in [-0.05, 0) is 13.3 Å². The molecule has 0 fully saturated rings. The van der Waals surface area contributed by atoms with E-state index in [1.807, 2.05) is 13.0 Å². The quantitative estimate of drug-likeness (QED) is 0.407. The van der Waals surface area contributed by atoms with Gasteiger partial charge in [0.05, 0.1) is 0 Å². The zero-order chi connectivity index (χ0) is 6.41. The first kappa shape index (κ1) is 7.77. The minimum atomic E-state index is 0.700. The molecule has 0 aliphatic heterocycles. The highest BCUT2D eigenvalue weighted by atomic mass is 35.5. The average Bonchev–Trinajstić information content (AvgIpc) is 1.83. The van der Waals surface area contributed by atoms with Crippen molar-refractivity contribution in [1.29, 1.82) is 0 Å². The maximum absolute atomic E-state index is 5.42. The van der Waals surface area contributed by atoms with Crippen LogP contribution in [0.25, 0.3) is 0 Å². The Kier molecular flexibility index (Phi) is 4.78. The van der Waals surface area contributed by atoms with Gasteiger partial charge in [-0.1, -0.05) is 24.3 Å². The number of hydrogen-bond acceptors (Lipinski definition) is 0. The zero-order valence-electron chi connectivity index (χ0n) is 5.15. The molecule has 8 heavy (non-hydrogen) atoms. The molecule has 0 rings (SSSR count). The smallest absolute Gasteiger partial charge is 0.0258 e. The fourth-order valence-electron chi connectivity index (χ4n) is 0.366. The van der Waals surface area contributed by atoms with Gasteiger partial charge in [-0.2, -0.15) is 0 Å². The van der Waals surface area contributed by atoms with Crippen molar-refractivity contribution in [2.75, 3.05) is 5.88 Å². The van der Waals surface area contributed by atoms with Crippen molar-refractivity contribution < 1.29 is 0 Å². The summed E-state index contributed by atoms with van der Waals surface area (Å²) in [6.45, 7) is 5.62. The van der Waals surface area contributed by atoms with Crippen molar-refractivity contribution in [2.24, 2.45) is 0 Å². The largest absolute Gasteiger partial charge is 0.126 e. The number of rotatable bonds is 3. The van der Waals surface area contributed by atoms with Crippen molar-refractivity contribution in [3.8, 4) is 0 Å². The molecule has 0 aromatic heterocycles. The lowest BCUT2D eigenvalue weighted by atomic mass is 10.2. The molecule has 0 radical (unpaired) electrons. The summed E-state index contributed by atoms with van der Waals surface area (Å²) >= 11 is 5.42. The van der Waals surface area contributed by atoms with Crippen LogP contribution in [0.4, 0.5) is 0 Å². The topological polar surface area (TPSA) is 0 Å². The molecule has 0 aliphatic rings. The molecule has 0 amide bonds. The molecular weight excluding hydrogens is 120 g/mol. The molecule has 0 aromatic rings. The number of alkyl halides is 1. The normalized spacial score (nSPS) is 11.5. The second-order valence-corrected chi connectivity index (χ2v) is 2.01. The summed E-state index contributed by atoms with van der Waals surface area (Å²) in [5.41, 5.74) is 1.20. The third-order valence-electron chi connectivity index (χ3n) is 0.897. The number of allylic oxidation sites excluding steroid dienone is 3. The van der Waals surface area contributed by atoms with Crippen LogP contribution in [-0.4, -0.2) is 5.88 Å². The van der Waals surface area contributed by atoms with Gasteiger partial charge in [-0.3, -0.25) is 0 Å². The fraction of sp³-hybridized carbons (Fsp3) is 0.429. The highest BCUT2D eigenvalue weighted by Gasteiger charge is 1.77. The van der Waals surface area contributed by atoms with Crippen molar-refractivity contribution in [3.05, 3.63) is 24.3 Å². The Bertz CT molecular complexity index is 92.6. The van der Waals surface area contributed by atoms with E-state index in [1.54, 1.807) is 0 Å². The van der Waals surface area contributed by atoms with Crippen LogP contribution in [0.5, 0.6) is 0 Å². The van der Waals surface area contributed by atoms with E-state index in [4.69, 9.17) is 11.6 Å². The van der Waals surface area contributed by atoms with Gasteiger partial charge >= 0.3 is 0 Å². The Morgan fingerprint density at radius 2 is 2.38 bits per heavy atom. The van der Waals surface area contributed by atoms with Gasteiger partial charge < -0.3 is 0 Å². The Hall–Kier alpha value is -0.230. The molecule has 0 spiro atoms. The monoisotopic (exact) mass is 130 g/mol. The van der Waals surface area contributed by atoms with E-state index in [1.165, 1.54) is 5.57 Å². The van der Waals surface area contributed by atoms with E-state index in [-0.39, 0.29) is 0 Å². The standard InChI is InChI=1S/C7H11Cl/c1-3-7(2)5-4-6-8/h3,5H,1,4,6H2,2H3/b7-5-. The first-order valence-electron chi connectivity index (χ1n) is 2.66. The van der Waals surface area contributed by atoms with Crippen molar-refractivity contribution >= 4 is 11.6 Å². The van der Waals surface area contributed by atoms with E-state index in [0.29, 0.717) is 5.88 Å². The number of hydrogen-bond donors (Lipinski definition) is 0. The predicted molar refractivity (Wildman–Crippen MR) is 39.3 cm³/mol. The lowest BCUT2D eigenvalue weighted by Gasteiger charge is -1.86. The van der Waals surface area contributed by atoms with E-state index in [2.05, 4.69) is 12.7 Å². The molecule has 0 unspecified atom stereocenters. The van der Waals surface area contributed by atoms with E-state index in [0.717, 1.165) is 6.42 Å². The van der Waals surface area contributed by atoms with Crippen LogP contribution in [0.3, 0.4) is 0 Å². The van der Waals surface area contributed by atoms with E-state index >= 15 is 0 Å². The molecule has 0 aliphatic carbocycles. The Morgan fingerprint density at radius 1 is 1.75 bits per heavy atom. The third kappa shape index (κ3) is 3.94. The second kappa shape index (κ2) is 4.92. The second-order valence-electron chi connectivity index (χ2n) is 1.63. The maximum atomic E-state index is 5.42. The first-order chi connectivity index (χ1) is 3.81. The SMILES string of the molecule is C=C/C(C)=C\CCCl. The summed E-state index contributed by atoms with van der Waals surface area (Å²) < 4.78 is 0. The van der Waals surface area contributed by atoms with Crippen molar-refractivity contribution in [3.63, 3.8) is 0 Å². The summed E-state index contributed by atoms with van der Waals surface area (Å²) in [4.78, 5) is 0. The van der Waals surface area contributed by atoms with Crippen LogP contribution in [0, 0.1) is 0 Å². The molecular formula is C7H11Cl. The summed E-state index contributed by atoms with van der Waals surface area (Å²) in [7, 11) is 0. The maximum Gasteiger partial charge on any atom is 0.0258 e. The fourth-order valence-corrected chi connectivity index (χ4v) is 0.475. The van der Waals surface area contributed by atoms with Gasteiger partial charge in [-0.25, -0.2) is 0 Å². The molecule has 0 bridgehead atoms. The minimum absolute atomic E-state index is 0.700. The molecule has 46 valence electrons. The zero-order valence-corrected chi connectivity index (χ0v) is 5.91. The van der Waals surface area contributed by atoms with Crippen LogP contribution in [0.15, 0.2) is 24.3 Å². The Labute approximate surface area is 55.9 Å². The summed E-state index contributed by atoms with van der Waals surface area (Å²) in [5, 5.41) is 0. The molecule has 0 saturated heterocycles. The molecule has 0 aromatic carbocycles. The lowest BCUT2D eigenvalue weighted by Crippen LogP contribution is -1.69. The predicted octanol–water partition coefficient (Wildman–Crippen LogP) is 2.75. The van der Waals surface area contributed by atoms with E-state index < -0.39 is 0 Å². The number of halogens is 1. The Morgan fingerprint density at radius 3 is 2.75 bits per heavy atom. The van der Waals surface area contributed by atoms with Crippen LogP contribution in [-0.2, 0) is 0 Å². The molecule has 0 atom stereocenters. The third-order valence-corrected chi connectivity index (χ3v) is 1.12. The molecule has 0 saturated carbocycles. The molecule has 0 nitrogen and oxygen atoms in total. The van der Waals surface area contributed by atoms with Crippen molar-refractivity contribution in [1.82, 2.24) is 0 Å². The van der Waals surface area contributed by atoms with Crippen LogP contribution < -0.4 is 0 Å². The van der Waals surface area contributed by atoms with Gasteiger partial charge in [0.2, 0.25) is 0 Å². The summed E-state index contributed by atoms with van der Waals surface area (Å²) in [6.07, 6.45) is 4.84. The molecule has 0 heterocycles. The van der Waals surface area contributed by atoms with Crippen LogP contribution in [0.1, 0.15) is 13.3 Å². The lowest BCUT2D eigenvalue weighted by molar-refractivity contribution is 1.21. The average molecular weight is 131 g/mol. The minimum Gasteiger partial charge on any atom is -0.126 e. The van der Waals surface area contributed by atoms with E-state index in [9.17, 15) is 0 Å².